The van der Waals surface area contributed by atoms with Gasteiger partial charge < -0.3 is 0 Å². The van der Waals surface area contributed by atoms with Crippen LogP contribution in [0.3, 0.4) is 0 Å². The zero-order valence-corrected chi connectivity index (χ0v) is 16.5. The van der Waals surface area contributed by atoms with Gasteiger partial charge in [-0.2, -0.15) is 0 Å². The van der Waals surface area contributed by atoms with Crippen LogP contribution in [-0.2, 0) is 12.8 Å². The Labute approximate surface area is 175 Å². The van der Waals surface area contributed by atoms with Gasteiger partial charge in [0.05, 0.1) is 0 Å². The Morgan fingerprint density at radius 1 is 0.433 bits per heavy atom. The summed E-state index contributed by atoms with van der Waals surface area (Å²) in [6.07, 6.45) is 1.24. The Balaban J connectivity index is 1.69. The Bertz CT molecular complexity index is 1160. The summed E-state index contributed by atoms with van der Waals surface area (Å²) in [6.45, 7) is 0. The van der Waals surface area contributed by atoms with E-state index in [0.717, 1.165) is 22.3 Å². The average molecular weight is 388 g/mol. The Morgan fingerprint density at radius 2 is 0.800 bits per heavy atom. The third kappa shape index (κ3) is 3.17. The molecule has 4 aromatic carbocycles. The molecule has 5 rings (SSSR count). The van der Waals surface area contributed by atoms with Crippen molar-refractivity contribution in [2.24, 2.45) is 0 Å². The molecule has 0 aromatic heterocycles. The van der Waals surface area contributed by atoms with Gasteiger partial charge in [-0.3, -0.25) is 9.59 Å². The number of carbonyl (C=O) groups excluding carboxylic acids is 2. The standard InChI is InChI=1S/C28H20O2/c29-27-23-13-7-8-14-24(23)28(30)26-22(18-20-11-5-2-6-12-20)16-15-21(25(26)27)17-19-9-3-1-4-10-19/h1-16H,17-18H2. The lowest BCUT2D eigenvalue weighted by atomic mass is 9.77. The number of benzene rings is 4. The van der Waals surface area contributed by atoms with Gasteiger partial charge in [0.25, 0.3) is 0 Å². The molecule has 0 bridgehead atoms. The number of hydrogen-bond acceptors (Lipinski definition) is 2. The molecule has 1 aliphatic rings. The molecule has 0 aliphatic heterocycles. The minimum atomic E-state index is -0.0546. The lowest BCUT2D eigenvalue weighted by Gasteiger charge is -2.23. The quantitative estimate of drug-likeness (QED) is 0.399. The Morgan fingerprint density at radius 3 is 1.20 bits per heavy atom. The van der Waals surface area contributed by atoms with Crippen LogP contribution in [0.2, 0.25) is 0 Å². The molecule has 0 unspecified atom stereocenters. The zero-order chi connectivity index (χ0) is 20.5. The largest absolute Gasteiger partial charge is 0.289 e. The molecule has 0 atom stereocenters. The molecule has 0 radical (unpaired) electrons. The lowest BCUT2D eigenvalue weighted by molar-refractivity contribution is 0.0977. The Kier molecular flexibility index (Phi) is 4.61. The van der Waals surface area contributed by atoms with Crippen molar-refractivity contribution in [3.8, 4) is 0 Å². The molecule has 2 heteroatoms. The zero-order valence-electron chi connectivity index (χ0n) is 16.5. The normalized spacial score (nSPS) is 12.4. The van der Waals surface area contributed by atoms with Crippen molar-refractivity contribution < 1.29 is 9.59 Å². The van der Waals surface area contributed by atoms with E-state index in [-0.39, 0.29) is 11.6 Å². The third-order valence-electron chi connectivity index (χ3n) is 5.72. The van der Waals surface area contributed by atoms with Crippen molar-refractivity contribution in [2.75, 3.05) is 0 Å². The molecule has 0 amide bonds. The molecular formula is C28H20O2. The molecular weight excluding hydrogens is 368 g/mol. The third-order valence-corrected chi connectivity index (χ3v) is 5.72. The average Bonchev–Trinajstić information content (AvgIpc) is 2.80. The first kappa shape index (κ1) is 18.3. The van der Waals surface area contributed by atoms with Crippen molar-refractivity contribution in [3.63, 3.8) is 0 Å². The highest BCUT2D eigenvalue weighted by Gasteiger charge is 2.33. The summed E-state index contributed by atoms with van der Waals surface area (Å²) < 4.78 is 0. The SMILES string of the molecule is O=C1c2ccccc2C(=O)c2c(Cc3ccccc3)ccc(Cc3ccccc3)c21. The second-order valence-electron chi connectivity index (χ2n) is 7.66. The molecule has 1 aliphatic carbocycles. The van der Waals surface area contributed by atoms with Crippen LogP contribution >= 0.6 is 0 Å². The van der Waals surface area contributed by atoms with Gasteiger partial charge in [-0.1, -0.05) is 97.1 Å². The van der Waals surface area contributed by atoms with Crippen molar-refractivity contribution in [1.82, 2.24) is 0 Å². The number of fused-ring (bicyclic) bond motifs is 2. The second kappa shape index (κ2) is 7.57. The fourth-order valence-electron chi connectivity index (χ4n) is 4.28. The van der Waals surface area contributed by atoms with Gasteiger partial charge in [-0.25, -0.2) is 0 Å². The molecule has 2 nitrogen and oxygen atoms in total. The van der Waals surface area contributed by atoms with E-state index >= 15 is 0 Å². The minimum absolute atomic E-state index is 0.0546. The summed E-state index contributed by atoms with van der Waals surface area (Å²) in [5.74, 6) is -0.109. The molecule has 4 aromatic rings. The van der Waals surface area contributed by atoms with Crippen molar-refractivity contribution in [2.45, 2.75) is 12.8 Å². The molecule has 144 valence electrons. The summed E-state index contributed by atoms with van der Waals surface area (Å²) >= 11 is 0. The van der Waals surface area contributed by atoms with Crippen LogP contribution in [0.15, 0.2) is 97.1 Å². The van der Waals surface area contributed by atoms with E-state index in [1.54, 1.807) is 12.1 Å². The first-order valence-corrected chi connectivity index (χ1v) is 10.1. The van der Waals surface area contributed by atoms with Crippen LogP contribution < -0.4 is 0 Å². The summed E-state index contributed by atoms with van der Waals surface area (Å²) in [4.78, 5) is 27.0. The van der Waals surface area contributed by atoms with Crippen LogP contribution in [0.5, 0.6) is 0 Å². The molecule has 0 spiro atoms. The second-order valence-corrected chi connectivity index (χ2v) is 7.66. The summed E-state index contributed by atoms with van der Waals surface area (Å²) in [5.41, 5.74) is 6.18. The van der Waals surface area contributed by atoms with Crippen LogP contribution in [-0.4, -0.2) is 11.6 Å². The predicted molar refractivity (Wildman–Crippen MR) is 118 cm³/mol. The molecule has 30 heavy (non-hydrogen) atoms. The van der Waals surface area contributed by atoms with Crippen LogP contribution in [0.1, 0.15) is 54.1 Å². The minimum Gasteiger partial charge on any atom is -0.289 e. The lowest BCUT2D eigenvalue weighted by Crippen LogP contribution is -2.24. The van der Waals surface area contributed by atoms with Gasteiger partial charge in [0.2, 0.25) is 0 Å². The van der Waals surface area contributed by atoms with E-state index in [2.05, 4.69) is 0 Å². The predicted octanol–water partition coefficient (Wildman–Crippen LogP) is 5.64. The molecule has 0 heterocycles. The fourth-order valence-corrected chi connectivity index (χ4v) is 4.28. The summed E-state index contributed by atoms with van der Waals surface area (Å²) in [5, 5.41) is 0. The van der Waals surface area contributed by atoms with Crippen molar-refractivity contribution in [3.05, 3.63) is 142 Å². The van der Waals surface area contributed by atoms with Gasteiger partial charge in [0, 0.05) is 22.3 Å². The van der Waals surface area contributed by atoms with Gasteiger partial charge in [-0.15, -0.1) is 0 Å². The summed E-state index contributed by atoms with van der Waals surface area (Å²) in [6, 6.07) is 31.3. The highest BCUT2D eigenvalue weighted by atomic mass is 16.1. The molecule has 0 N–H and O–H groups in total. The number of ketones is 2. The first-order chi connectivity index (χ1) is 14.7. The first-order valence-electron chi connectivity index (χ1n) is 10.1. The van der Waals surface area contributed by atoms with Gasteiger partial charge in [-0.05, 0) is 35.1 Å². The van der Waals surface area contributed by atoms with Crippen LogP contribution in [0, 0.1) is 0 Å². The maximum Gasteiger partial charge on any atom is 0.194 e. The van der Waals surface area contributed by atoms with Crippen molar-refractivity contribution >= 4 is 11.6 Å². The monoisotopic (exact) mass is 388 g/mol. The maximum atomic E-state index is 13.5. The van der Waals surface area contributed by atoms with Crippen LogP contribution in [0.4, 0.5) is 0 Å². The molecule has 0 fully saturated rings. The van der Waals surface area contributed by atoms with Gasteiger partial charge in [0.15, 0.2) is 11.6 Å². The van der Waals surface area contributed by atoms with E-state index in [9.17, 15) is 9.59 Å². The maximum absolute atomic E-state index is 13.5. The van der Waals surface area contributed by atoms with Crippen molar-refractivity contribution in [1.29, 1.82) is 0 Å². The summed E-state index contributed by atoms with van der Waals surface area (Å²) in [7, 11) is 0. The smallest absolute Gasteiger partial charge is 0.194 e. The van der Waals surface area contributed by atoms with E-state index in [4.69, 9.17) is 0 Å². The van der Waals surface area contributed by atoms with Gasteiger partial charge in [0.1, 0.15) is 0 Å². The number of carbonyl (C=O) groups is 2. The Hall–Kier alpha value is -3.78. The van der Waals surface area contributed by atoms with E-state index < -0.39 is 0 Å². The van der Waals surface area contributed by atoms with E-state index in [1.807, 2.05) is 84.9 Å². The van der Waals surface area contributed by atoms with Crippen LogP contribution in [0.25, 0.3) is 0 Å². The fraction of sp³-hybridized carbons (Fsp3) is 0.0714. The highest BCUT2D eigenvalue weighted by Crippen LogP contribution is 2.33. The molecule has 0 saturated carbocycles. The molecule has 0 saturated heterocycles. The number of hydrogen-bond donors (Lipinski definition) is 0. The topological polar surface area (TPSA) is 34.1 Å². The van der Waals surface area contributed by atoms with Gasteiger partial charge >= 0.3 is 0 Å². The highest BCUT2D eigenvalue weighted by molar-refractivity contribution is 6.29. The van der Waals surface area contributed by atoms with E-state index in [0.29, 0.717) is 35.1 Å². The van der Waals surface area contributed by atoms with E-state index in [1.165, 1.54) is 0 Å². The number of rotatable bonds is 4.